The summed E-state index contributed by atoms with van der Waals surface area (Å²) >= 11 is 0. The Hall–Kier alpha value is -2.24. The van der Waals surface area contributed by atoms with Gasteiger partial charge in [0, 0.05) is 12.8 Å². The van der Waals surface area contributed by atoms with E-state index in [2.05, 4.69) is 5.32 Å². The van der Waals surface area contributed by atoms with E-state index in [4.69, 9.17) is 4.74 Å². The predicted octanol–water partition coefficient (Wildman–Crippen LogP) is 1.79. The largest absolute Gasteiger partial charge is 0.467 e. The number of ether oxygens (including phenoxy) is 1. The van der Waals surface area contributed by atoms with E-state index >= 15 is 0 Å². The molecule has 0 aliphatic heterocycles. The van der Waals surface area contributed by atoms with Crippen molar-refractivity contribution in [3.05, 3.63) is 35.6 Å². The van der Waals surface area contributed by atoms with Crippen LogP contribution in [0.15, 0.2) is 24.3 Å². The summed E-state index contributed by atoms with van der Waals surface area (Å²) in [7, 11) is 1.25. The Kier molecular flexibility index (Phi) is 5.84. The number of halogens is 1. The van der Waals surface area contributed by atoms with Crippen LogP contribution in [-0.4, -0.2) is 30.8 Å². The molecule has 2 atom stereocenters. The number of nitrogens with one attached hydrogen (secondary N) is 1. The molecular weight excluding hydrogens is 301 g/mol. The van der Waals surface area contributed by atoms with E-state index < -0.39 is 23.7 Å². The van der Waals surface area contributed by atoms with Crippen LogP contribution >= 0.6 is 0 Å². The van der Waals surface area contributed by atoms with Crippen molar-refractivity contribution < 1.29 is 23.5 Å². The average Bonchev–Trinajstić information content (AvgIpc) is 2.52. The number of amides is 1. The zero-order valence-corrected chi connectivity index (χ0v) is 13.0. The molecular formula is C17H20FNO4. The molecule has 124 valence electrons. The van der Waals surface area contributed by atoms with Gasteiger partial charge in [-0.1, -0.05) is 12.1 Å². The number of methoxy groups -OCH3 is 1. The highest BCUT2D eigenvalue weighted by Gasteiger charge is 2.34. The van der Waals surface area contributed by atoms with E-state index in [1.165, 1.54) is 25.3 Å². The van der Waals surface area contributed by atoms with Crippen molar-refractivity contribution in [2.24, 2.45) is 5.92 Å². The molecule has 0 aromatic heterocycles. The van der Waals surface area contributed by atoms with Gasteiger partial charge in [0.15, 0.2) is 0 Å². The molecule has 1 aromatic carbocycles. The summed E-state index contributed by atoms with van der Waals surface area (Å²) in [5.74, 6) is -1.53. The normalized spacial score (nSPS) is 19.0. The number of esters is 1. The van der Waals surface area contributed by atoms with Crippen LogP contribution in [0, 0.1) is 11.7 Å². The Bertz CT molecular complexity index is 602. The fourth-order valence-electron chi connectivity index (χ4n) is 2.90. The molecule has 6 heteroatoms. The minimum Gasteiger partial charge on any atom is -0.467 e. The van der Waals surface area contributed by atoms with Crippen LogP contribution in [0.3, 0.4) is 0 Å². The number of hydrogen-bond donors (Lipinski definition) is 1. The molecule has 1 fully saturated rings. The van der Waals surface area contributed by atoms with Crippen molar-refractivity contribution in [1.82, 2.24) is 5.32 Å². The first kappa shape index (κ1) is 17.1. The van der Waals surface area contributed by atoms with Gasteiger partial charge in [-0.25, -0.2) is 9.18 Å². The lowest BCUT2D eigenvalue weighted by Crippen LogP contribution is -2.48. The number of carbonyl (C=O) groups is 3. The first-order chi connectivity index (χ1) is 11.0. The number of carbonyl (C=O) groups excluding carboxylic acids is 3. The second-order valence-electron chi connectivity index (χ2n) is 5.77. The molecule has 0 bridgehead atoms. The standard InChI is InChI=1S/C17H20FNO4/c1-23-17(22)16(12-5-3-7-14(20)10-12)19-15(21)9-11-4-2-6-13(18)8-11/h2,4,6,8,12,16H,3,5,7,9-10H2,1H3,(H,19,21)/t12-,16+/m1/s1. The van der Waals surface area contributed by atoms with Crippen LogP contribution in [0.2, 0.25) is 0 Å². The maximum absolute atomic E-state index is 13.2. The number of ketones is 1. The number of benzene rings is 1. The summed E-state index contributed by atoms with van der Waals surface area (Å²) in [4.78, 5) is 35.7. The lowest BCUT2D eigenvalue weighted by atomic mass is 9.83. The van der Waals surface area contributed by atoms with Gasteiger partial charge >= 0.3 is 5.97 Å². The predicted molar refractivity (Wildman–Crippen MR) is 81.0 cm³/mol. The van der Waals surface area contributed by atoms with Gasteiger partial charge < -0.3 is 10.1 Å². The van der Waals surface area contributed by atoms with Gasteiger partial charge in [-0.2, -0.15) is 0 Å². The summed E-state index contributed by atoms with van der Waals surface area (Å²) in [6, 6.07) is 4.89. The summed E-state index contributed by atoms with van der Waals surface area (Å²) in [5.41, 5.74) is 0.519. The van der Waals surface area contributed by atoms with E-state index in [1.807, 2.05) is 0 Å². The Balaban J connectivity index is 2.03. The minimum atomic E-state index is -0.842. The number of rotatable bonds is 5. The maximum atomic E-state index is 13.2. The maximum Gasteiger partial charge on any atom is 0.328 e. The van der Waals surface area contributed by atoms with Gasteiger partial charge in [0.1, 0.15) is 17.6 Å². The molecule has 0 saturated heterocycles. The Morgan fingerprint density at radius 3 is 2.87 bits per heavy atom. The van der Waals surface area contributed by atoms with Crippen molar-refractivity contribution >= 4 is 17.7 Å². The zero-order chi connectivity index (χ0) is 16.8. The van der Waals surface area contributed by atoms with Gasteiger partial charge in [-0.05, 0) is 36.5 Å². The van der Waals surface area contributed by atoms with Gasteiger partial charge in [0.25, 0.3) is 0 Å². The van der Waals surface area contributed by atoms with Crippen molar-refractivity contribution in [3.8, 4) is 0 Å². The molecule has 5 nitrogen and oxygen atoms in total. The highest BCUT2D eigenvalue weighted by molar-refractivity contribution is 5.87. The summed E-state index contributed by atoms with van der Waals surface area (Å²) in [6.45, 7) is 0. The van der Waals surface area contributed by atoms with Crippen LogP contribution in [-0.2, 0) is 25.5 Å². The lowest BCUT2D eigenvalue weighted by molar-refractivity contribution is -0.147. The molecule has 2 rings (SSSR count). The lowest BCUT2D eigenvalue weighted by Gasteiger charge is -2.28. The number of Topliss-reactive ketones (excluding diaryl/α,β-unsaturated/α-hetero) is 1. The Labute approximate surface area is 134 Å². The van der Waals surface area contributed by atoms with Crippen LogP contribution in [0.4, 0.5) is 4.39 Å². The highest BCUT2D eigenvalue weighted by Crippen LogP contribution is 2.25. The molecule has 0 heterocycles. The molecule has 1 amide bonds. The molecule has 1 N–H and O–H groups in total. The van der Waals surface area contributed by atoms with Crippen LogP contribution in [0.25, 0.3) is 0 Å². The average molecular weight is 321 g/mol. The van der Waals surface area contributed by atoms with Crippen LogP contribution < -0.4 is 5.32 Å². The third-order valence-electron chi connectivity index (χ3n) is 4.02. The molecule has 0 unspecified atom stereocenters. The minimum absolute atomic E-state index is 0.0358. The van der Waals surface area contributed by atoms with E-state index in [1.54, 1.807) is 6.07 Å². The third-order valence-corrected chi connectivity index (χ3v) is 4.02. The van der Waals surface area contributed by atoms with E-state index in [0.717, 1.165) is 0 Å². The van der Waals surface area contributed by atoms with Crippen molar-refractivity contribution in [2.45, 2.75) is 38.1 Å². The monoisotopic (exact) mass is 321 g/mol. The van der Waals surface area contributed by atoms with Gasteiger partial charge in [-0.15, -0.1) is 0 Å². The fourth-order valence-corrected chi connectivity index (χ4v) is 2.90. The second kappa shape index (κ2) is 7.85. The SMILES string of the molecule is COC(=O)[C@@H](NC(=O)Cc1cccc(F)c1)[C@@H]1CCCC(=O)C1. The molecule has 1 aliphatic rings. The topological polar surface area (TPSA) is 72.5 Å². The summed E-state index contributed by atoms with van der Waals surface area (Å²) in [6.07, 6.45) is 2.13. The molecule has 1 aromatic rings. The molecule has 1 saturated carbocycles. The Morgan fingerprint density at radius 2 is 2.22 bits per heavy atom. The van der Waals surface area contributed by atoms with Crippen LogP contribution in [0.5, 0.6) is 0 Å². The van der Waals surface area contributed by atoms with Crippen molar-refractivity contribution in [1.29, 1.82) is 0 Å². The fraction of sp³-hybridized carbons (Fsp3) is 0.471. The first-order valence-corrected chi connectivity index (χ1v) is 7.63. The first-order valence-electron chi connectivity index (χ1n) is 7.63. The van der Waals surface area contributed by atoms with Gasteiger partial charge in [-0.3, -0.25) is 9.59 Å². The smallest absolute Gasteiger partial charge is 0.328 e. The molecule has 23 heavy (non-hydrogen) atoms. The second-order valence-corrected chi connectivity index (χ2v) is 5.77. The zero-order valence-electron chi connectivity index (χ0n) is 13.0. The highest BCUT2D eigenvalue weighted by atomic mass is 19.1. The van der Waals surface area contributed by atoms with Crippen LogP contribution in [0.1, 0.15) is 31.2 Å². The summed E-state index contributed by atoms with van der Waals surface area (Å²) in [5, 5.41) is 2.64. The van der Waals surface area contributed by atoms with Crippen molar-refractivity contribution in [3.63, 3.8) is 0 Å². The van der Waals surface area contributed by atoms with E-state index in [9.17, 15) is 18.8 Å². The van der Waals surface area contributed by atoms with Gasteiger partial charge in [0.05, 0.1) is 13.5 Å². The van der Waals surface area contributed by atoms with E-state index in [0.29, 0.717) is 24.8 Å². The molecule has 0 radical (unpaired) electrons. The number of hydrogen-bond acceptors (Lipinski definition) is 4. The third kappa shape index (κ3) is 4.87. The quantitative estimate of drug-likeness (QED) is 0.839. The summed E-state index contributed by atoms with van der Waals surface area (Å²) < 4.78 is 17.9. The molecule has 1 aliphatic carbocycles. The molecule has 0 spiro atoms. The van der Waals surface area contributed by atoms with Crippen molar-refractivity contribution in [2.75, 3.05) is 7.11 Å². The van der Waals surface area contributed by atoms with E-state index in [-0.39, 0.29) is 24.5 Å². The Morgan fingerprint density at radius 1 is 1.43 bits per heavy atom. The van der Waals surface area contributed by atoms with Gasteiger partial charge in [0.2, 0.25) is 5.91 Å².